The SMILES string of the molecule is C[Si](C)(Cl)/C=C(/[Si](C)(C)C)[Si](C)(C)Cl. The molecule has 0 amide bonds. The van der Waals surface area contributed by atoms with E-state index in [0.29, 0.717) is 0 Å². The van der Waals surface area contributed by atoms with Crippen LogP contribution in [0.15, 0.2) is 10.5 Å². The second-order valence-corrected chi connectivity index (χ2v) is 24.0. The van der Waals surface area contributed by atoms with E-state index in [1.54, 1.807) is 0 Å². The van der Waals surface area contributed by atoms with Crippen LogP contribution in [0.25, 0.3) is 0 Å². The maximum absolute atomic E-state index is 6.56. The van der Waals surface area contributed by atoms with E-state index >= 15 is 0 Å². The van der Waals surface area contributed by atoms with Crippen LogP contribution in [0.2, 0.25) is 45.8 Å². The van der Waals surface area contributed by atoms with E-state index in [1.807, 2.05) is 0 Å². The van der Waals surface area contributed by atoms with Crippen molar-refractivity contribution < 1.29 is 0 Å². The van der Waals surface area contributed by atoms with Gasteiger partial charge in [-0.25, -0.2) is 0 Å². The van der Waals surface area contributed by atoms with Crippen molar-refractivity contribution in [2.45, 2.75) is 45.8 Å². The van der Waals surface area contributed by atoms with Gasteiger partial charge in [0, 0.05) is 0 Å². The average molecular weight is 285 g/mol. The summed E-state index contributed by atoms with van der Waals surface area (Å²) in [6.07, 6.45) is 0. The third kappa shape index (κ3) is 5.76. The normalized spacial score (nSPS) is 15.9. The molecule has 0 heterocycles. The fraction of sp³-hybridized carbons (Fsp3) is 0.778. The van der Waals surface area contributed by atoms with Gasteiger partial charge in [0.1, 0.15) is 0 Å². The van der Waals surface area contributed by atoms with E-state index < -0.39 is 22.8 Å². The zero-order chi connectivity index (χ0) is 11.8. The maximum Gasteiger partial charge on any atom is 0.172 e. The van der Waals surface area contributed by atoms with Crippen molar-refractivity contribution in [3.63, 3.8) is 0 Å². The second-order valence-electron chi connectivity index (χ2n) is 5.84. The van der Waals surface area contributed by atoms with Crippen molar-refractivity contribution >= 4 is 45.0 Å². The van der Waals surface area contributed by atoms with Gasteiger partial charge < -0.3 is 0 Å². The summed E-state index contributed by atoms with van der Waals surface area (Å²) in [5, 5.41) is 0. The van der Waals surface area contributed by atoms with Gasteiger partial charge in [-0.3, -0.25) is 0 Å². The Balaban J connectivity index is 5.26. The number of hydrogen-bond acceptors (Lipinski definition) is 0. The largest absolute Gasteiger partial charge is 0.172 e. The van der Waals surface area contributed by atoms with Crippen LogP contribution in [-0.2, 0) is 0 Å². The molecule has 0 unspecified atom stereocenters. The molecule has 0 bridgehead atoms. The van der Waals surface area contributed by atoms with Gasteiger partial charge >= 0.3 is 0 Å². The Bertz CT molecular complexity index is 212. The minimum atomic E-state index is -1.69. The summed E-state index contributed by atoms with van der Waals surface area (Å²) >= 11 is 12.9. The molecule has 0 aromatic heterocycles. The van der Waals surface area contributed by atoms with Crippen LogP contribution in [0.3, 0.4) is 0 Å². The predicted octanol–water partition coefficient (Wildman–Crippen LogP) is 4.76. The Morgan fingerprint density at radius 2 is 1.21 bits per heavy atom. The molecule has 0 fully saturated rings. The van der Waals surface area contributed by atoms with Gasteiger partial charge in [0.2, 0.25) is 0 Å². The molecule has 0 N–H and O–H groups in total. The Kier molecular flexibility index (Phi) is 4.76. The van der Waals surface area contributed by atoms with E-state index in [1.165, 1.54) is 4.82 Å². The Morgan fingerprint density at radius 3 is 1.29 bits per heavy atom. The van der Waals surface area contributed by atoms with Gasteiger partial charge in [-0.05, 0) is 0 Å². The fourth-order valence-corrected chi connectivity index (χ4v) is 18.6. The molecule has 0 aliphatic heterocycles. The first-order valence-electron chi connectivity index (χ1n) is 4.96. The zero-order valence-electron chi connectivity index (χ0n) is 10.3. The molecular weight excluding hydrogens is 263 g/mol. The molecule has 0 radical (unpaired) electrons. The molecule has 0 rings (SSSR count). The molecule has 0 aliphatic rings. The van der Waals surface area contributed by atoms with Crippen LogP contribution in [-0.4, -0.2) is 22.8 Å². The lowest BCUT2D eigenvalue weighted by Crippen LogP contribution is -2.40. The third-order valence-electron chi connectivity index (χ3n) is 1.94. The highest BCUT2D eigenvalue weighted by molar-refractivity contribution is 7.31. The van der Waals surface area contributed by atoms with Crippen molar-refractivity contribution in [1.29, 1.82) is 0 Å². The molecule has 0 aromatic rings. The summed E-state index contributed by atoms with van der Waals surface area (Å²) in [6, 6.07) is 0. The van der Waals surface area contributed by atoms with Crippen molar-refractivity contribution in [3.8, 4) is 0 Å². The Morgan fingerprint density at radius 1 is 0.857 bits per heavy atom. The van der Waals surface area contributed by atoms with Crippen molar-refractivity contribution in [1.82, 2.24) is 0 Å². The minimum Gasteiger partial charge on any atom is -0.162 e. The maximum atomic E-state index is 6.56. The van der Waals surface area contributed by atoms with Crippen LogP contribution in [0.5, 0.6) is 0 Å². The van der Waals surface area contributed by atoms with E-state index in [4.69, 9.17) is 22.2 Å². The van der Waals surface area contributed by atoms with Crippen LogP contribution >= 0.6 is 22.2 Å². The Hall–Kier alpha value is 0.971. The monoisotopic (exact) mass is 284 g/mol. The lowest BCUT2D eigenvalue weighted by atomic mass is 11.2. The number of halogens is 2. The molecule has 0 aliphatic carbocycles. The number of rotatable bonds is 3. The molecule has 0 nitrogen and oxygen atoms in total. The van der Waals surface area contributed by atoms with Crippen molar-refractivity contribution in [2.24, 2.45) is 0 Å². The molecule has 14 heavy (non-hydrogen) atoms. The molecule has 5 heteroatoms. The quantitative estimate of drug-likeness (QED) is 0.518. The van der Waals surface area contributed by atoms with Crippen molar-refractivity contribution in [2.75, 3.05) is 0 Å². The fourth-order valence-electron chi connectivity index (χ4n) is 1.62. The smallest absolute Gasteiger partial charge is 0.162 e. The predicted molar refractivity (Wildman–Crippen MR) is 78.1 cm³/mol. The highest BCUT2D eigenvalue weighted by Gasteiger charge is 2.35. The molecule has 0 spiro atoms. The molecule has 0 saturated heterocycles. The topological polar surface area (TPSA) is 0 Å². The van der Waals surface area contributed by atoms with Gasteiger partial charge in [0.15, 0.2) is 14.8 Å². The molecule has 0 saturated carbocycles. The second kappa shape index (κ2) is 4.45. The Labute approximate surface area is 101 Å². The standard InChI is InChI=1S/C9H22Cl2Si3/c1-12(2,3)9(14(6,7)11)8-13(4,5)10/h8H,1-7H3/b9-8-. The summed E-state index contributed by atoms with van der Waals surface area (Å²) in [5.74, 6) is 0. The van der Waals surface area contributed by atoms with Crippen LogP contribution in [0.4, 0.5) is 0 Å². The van der Waals surface area contributed by atoms with Gasteiger partial charge in [-0.1, -0.05) is 56.3 Å². The molecular formula is C9H22Cl2Si3. The van der Waals surface area contributed by atoms with E-state index in [-0.39, 0.29) is 0 Å². The van der Waals surface area contributed by atoms with E-state index in [2.05, 4.69) is 51.5 Å². The van der Waals surface area contributed by atoms with Crippen molar-refractivity contribution in [3.05, 3.63) is 10.5 Å². The molecule has 0 atom stereocenters. The van der Waals surface area contributed by atoms with Gasteiger partial charge in [-0.15, -0.1) is 0 Å². The first-order valence-corrected chi connectivity index (χ1v) is 16.6. The van der Waals surface area contributed by atoms with Gasteiger partial charge in [-0.2, -0.15) is 22.2 Å². The average Bonchev–Trinajstić information content (AvgIpc) is 1.75. The number of hydrogen-bond donors (Lipinski definition) is 0. The van der Waals surface area contributed by atoms with Crippen LogP contribution in [0, 0.1) is 0 Å². The van der Waals surface area contributed by atoms with E-state index in [0.717, 1.165) is 0 Å². The first kappa shape index (κ1) is 15.0. The summed E-state index contributed by atoms with van der Waals surface area (Å²) in [7, 11) is -4.62. The highest BCUT2D eigenvalue weighted by atomic mass is 35.6. The highest BCUT2D eigenvalue weighted by Crippen LogP contribution is 2.30. The lowest BCUT2D eigenvalue weighted by molar-refractivity contribution is 1.68. The van der Waals surface area contributed by atoms with Gasteiger partial charge in [0.25, 0.3) is 0 Å². The van der Waals surface area contributed by atoms with E-state index in [9.17, 15) is 0 Å². The lowest BCUT2D eigenvalue weighted by Gasteiger charge is -2.31. The summed E-state index contributed by atoms with van der Waals surface area (Å²) in [4.78, 5) is 1.53. The van der Waals surface area contributed by atoms with Crippen LogP contribution < -0.4 is 0 Å². The summed E-state index contributed by atoms with van der Waals surface area (Å²) < 4.78 is 0. The van der Waals surface area contributed by atoms with Crippen LogP contribution in [0.1, 0.15) is 0 Å². The minimum absolute atomic E-state index is 1.29. The summed E-state index contributed by atoms with van der Waals surface area (Å²) in [5.41, 5.74) is 2.33. The summed E-state index contributed by atoms with van der Waals surface area (Å²) in [6.45, 7) is 15.8. The van der Waals surface area contributed by atoms with Gasteiger partial charge in [0.05, 0.1) is 8.07 Å². The first-order chi connectivity index (χ1) is 5.84. The molecule has 84 valence electrons. The molecule has 0 aromatic carbocycles. The third-order valence-corrected chi connectivity index (χ3v) is 12.2. The zero-order valence-corrected chi connectivity index (χ0v) is 14.8.